The van der Waals surface area contributed by atoms with E-state index in [1.165, 1.54) is 27.8 Å². The largest absolute Gasteiger partial charge is 0.481 e. The molecule has 0 spiro atoms. The van der Waals surface area contributed by atoms with Gasteiger partial charge in [-0.05, 0) is 72.7 Å². The molecule has 0 saturated carbocycles. The van der Waals surface area contributed by atoms with Crippen LogP contribution in [0.5, 0.6) is 0 Å². The van der Waals surface area contributed by atoms with Crippen molar-refractivity contribution < 1.29 is 9.90 Å². The summed E-state index contributed by atoms with van der Waals surface area (Å²) in [5, 5.41) is 10.0. The maximum atomic E-state index is 12.2. The Labute approximate surface area is 215 Å². The van der Waals surface area contributed by atoms with Gasteiger partial charge in [-0.2, -0.15) is 0 Å². The molecular formula is C33H35NO2. The average molecular weight is 478 g/mol. The molecule has 4 aromatic carbocycles. The van der Waals surface area contributed by atoms with Crippen LogP contribution in [0.3, 0.4) is 0 Å². The van der Waals surface area contributed by atoms with Gasteiger partial charge < -0.3 is 5.11 Å². The predicted molar refractivity (Wildman–Crippen MR) is 148 cm³/mol. The highest BCUT2D eigenvalue weighted by atomic mass is 16.4. The van der Waals surface area contributed by atoms with Crippen molar-refractivity contribution in [2.24, 2.45) is 0 Å². The van der Waals surface area contributed by atoms with E-state index in [4.69, 9.17) is 0 Å². The normalized spacial score (nSPS) is 12.9. The molecule has 3 heteroatoms. The molecule has 0 aliphatic carbocycles. The van der Waals surface area contributed by atoms with Crippen molar-refractivity contribution in [1.29, 1.82) is 0 Å². The lowest BCUT2D eigenvalue weighted by Crippen LogP contribution is -2.33. The minimum absolute atomic E-state index is 0.0274. The number of aliphatic carboxylic acids is 1. The van der Waals surface area contributed by atoms with Crippen LogP contribution in [0.2, 0.25) is 0 Å². The van der Waals surface area contributed by atoms with E-state index in [1.54, 1.807) is 0 Å². The lowest BCUT2D eigenvalue weighted by molar-refractivity contribution is -0.138. The first kappa shape index (κ1) is 25.4. The number of hydrogen-bond donors (Lipinski definition) is 1. The summed E-state index contributed by atoms with van der Waals surface area (Å²) in [5.41, 5.74) is 9.32. The molecular weight excluding hydrogens is 442 g/mol. The predicted octanol–water partition coefficient (Wildman–Crippen LogP) is 8.06. The Morgan fingerprint density at radius 3 is 2.00 bits per heavy atom. The van der Waals surface area contributed by atoms with Gasteiger partial charge in [0.1, 0.15) is 0 Å². The summed E-state index contributed by atoms with van der Waals surface area (Å²) >= 11 is 0. The molecule has 0 unspecified atom stereocenters. The molecule has 184 valence electrons. The molecule has 0 fully saturated rings. The Morgan fingerprint density at radius 2 is 1.39 bits per heavy atom. The minimum Gasteiger partial charge on any atom is -0.481 e. The third kappa shape index (κ3) is 5.92. The van der Waals surface area contributed by atoms with E-state index >= 15 is 0 Å². The number of aryl methyl sites for hydroxylation is 3. The highest BCUT2D eigenvalue weighted by Gasteiger charge is 2.29. The van der Waals surface area contributed by atoms with E-state index in [1.807, 2.05) is 36.4 Å². The zero-order valence-corrected chi connectivity index (χ0v) is 21.6. The van der Waals surface area contributed by atoms with Crippen LogP contribution in [0.25, 0.3) is 11.1 Å². The molecule has 0 amide bonds. The van der Waals surface area contributed by atoms with Crippen LogP contribution in [-0.4, -0.2) is 16.0 Å². The molecule has 0 aliphatic rings. The van der Waals surface area contributed by atoms with Crippen molar-refractivity contribution in [3.63, 3.8) is 0 Å². The highest BCUT2D eigenvalue weighted by Crippen LogP contribution is 2.37. The van der Waals surface area contributed by atoms with Crippen LogP contribution in [0.1, 0.15) is 58.8 Å². The number of carboxylic acids is 1. The second-order valence-corrected chi connectivity index (χ2v) is 9.76. The quantitative estimate of drug-likeness (QED) is 0.265. The summed E-state index contributed by atoms with van der Waals surface area (Å²) in [4.78, 5) is 14.6. The standard InChI is InChI=1S/C33H35NO2/c1-23-18-29(20-30(19-23)33-24(2)12-11-13-25(33)3)31(21-32(35)36)34(22-27-14-7-5-8-15-27)26(4)28-16-9-6-10-17-28/h5-20,26,31H,21-22H2,1-4H3,(H,35,36)/t26-,31+/m1/s1. The SMILES string of the molecule is Cc1cc(-c2c(C)cccc2C)cc([C@H](CC(=O)O)N(Cc2ccccc2)[C@H](C)c2ccccc2)c1. The molecule has 0 saturated heterocycles. The first-order chi connectivity index (χ1) is 17.3. The van der Waals surface area contributed by atoms with Crippen LogP contribution in [0.4, 0.5) is 0 Å². The van der Waals surface area contributed by atoms with Crippen molar-refractivity contribution in [2.45, 2.75) is 52.7 Å². The van der Waals surface area contributed by atoms with Crippen LogP contribution in [-0.2, 0) is 11.3 Å². The van der Waals surface area contributed by atoms with Gasteiger partial charge in [0.15, 0.2) is 0 Å². The van der Waals surface area contributed by atoms with Gasteiger partial charge in [0, 0.05) is 18.6 Å². The topological polar surface area (TPSA) is 40.5 Å². The van der Waals surface area contributed by atoms with Gasteiger partial charge >= 0.3 is 5.97 Å². The van der Waals surface area contributed by atoms with E-state index < -0.39 is 5.97 Å². The smallest absolute Gasteiger partial charge is 0.305 e. The number of carbonyl (C=O) groups is 1. The molecule has 36 heavy (non-hydrogen) atoms. The zero-order valence-electron chi connectivity index (χ0n) is 21.6. The first-order valence-electron chi connectivity index (χ1n) is 12.6. The van der Waals surface area contributed by atoms with E-state index in [-0.39, 0.29) is 18.5 Å². The lowest BCUT2D eigenvalue weighted by Gasteiger charge is -2.37. The fourth-order valence-electron chi connectivity index (χ4n) is 5.25. The molecule has 2 atom stereocenters. The molecule has 0 radical (unpaired) electrons. The van der Waals surface area contributed by atoms with Gasteiger partial charge in [-0.25, -0.2) is 0 Å². The lowest BCUT2D eigenvalue weighted by atomic mass is 9.89. The van der Waals surface area contributed by atoms with Crippen LogP contribution >= 0.6 is 0 Å². The Balaban J connectivity index is 1.85. The number of carboxylic acid groups (broad SMARTS) is 1. The number of nitrogens with zero attached hydrogens (tertiary/aromatic N) is 1. The van der Waals surface area contributed by atoms with Crippen molar-refractivity contribution in [1.82, 2.24) is 4.90 Å². The average Bonchev–Trinajstić information content (AvgIpc) is 2.86. The molecule has 0 aliphatic heterocycles. The molecule has 4 aromatic rings. The van der Waals surface area contributed by atoms with Crippen molar-refractivity contribution in [3.8, 4) is 11.1 Å². The summed E-state index contributed by atoms with van der Waals surface area (Å²) in [5.74, 6) is -0.798. The van der Waals surface area contributed by atoms with E-state index in [0.29, 0.717) is 6.54 Å². The summed E-state index contributed by atoms with van der Waals surface area (Å²) in [6, 6.07) is 33.3. The highest BCUT2D eigenvalue weighted by molar-refractivity contribution is 5.73. The van der Waals surface area contributed by atoms with Gasteiger partial charge in [-0.3, -0.25) is 9.69 Å². The van der Waals surface area contributed by atoms with Crippen LogP contribution < -0.4 is 0 Å². The van der Waals surface area contributed by atoms with Gasteiger partial charge in [-0.15, -0.1) is 0 Å². The summed E-state index contributed by atoms with van der Waals surface area (Å²) in [6.45, 7) is 9.20. The molecule has 1 N–H and O–H groups in total. The third-order valence-electron chi connectivity index (χ3n) is 7.01. The fraction of sp³-hybridized carbons (Fsp3) is 0.242. The fourth-order valence-corrected chi connectivity index (χ4v) is 5.25. The Morgan fingerprint density at radius 1 is 0.778 bits per heavy atom. The van der Waals surface area contributed by atoms with Crippen LogP contribution in [0.15, 0.2) is 97.1 Å². The Hall–Kier alpha value is -3.69. The monoisotopic (exact) mass is 477 g/mol. The van der Waals surface area contributed by atoms with Crippen molar-refractivity contribution in [3.05, 3.63) is 130 Å². The first-order valence-corrected chi connectivity index (χ1v) is 12.6. The summed E-state index contributed by atoms with van der Waals surface area (Å²) in [6.07, 6.45) is 0.0274. The summed E-state index contributed by atoms with van der Waals surface area (Å²) < 4.78 is 0. The van der Waals surface area contributed by atoms with E-state index in [2.05, 4.69) is 93.3 Å². The molecule has 3 nitrogen and oxygen atoms in total. The molecule has 0 bridgehead atoms. The molecule has 4 rings (SSSR count). The van der Waals surface area contributed by atoms with Crippen LogP contribution in [0, 0.1) is 20.8 Å². The number of hydrogen-bond acceptors (Lipinski definition) is 2. The number of benzene rings is 4. The minimum atomic E-state index is -0.798. The Kier molecular flexibility index (Phi) is 8.02. The van der Waals surface area contributed by atoms with E-state index in [9.17, 15) is 9.90 Å². The maximum Gasteiger partial charge on any atom is 0.305 e. The summed E-state index contributed by atoms with van der Waals surface area (Å²) in [7, 11) is 0. The van der Waals surface area contributed by atoms with Crippen molar-refractivity contribution in [2.75, 3.05) is 0 Å². The van der Waals surface area contributed by atoms with Gasteiger partial charge in [-0.1, -0.05) is 96.6 Å². The Bertz CT molecular complexity index is 1290. The second kappa shape index (κ2) is 11.4. The zero-order chi connectivity index (χ0) is 25.7. The molecule has 0 heterocycles. The van der Waals surface area contributed by atoms with Gasteiger partial charge in [0.05, 0.1) is 6.42 Å². The third-order valence-corrected chi connectivity index (χ3v) is 7.01. The maximum absolute atomic E-state index is 12.2. The number of rotatable bonds is 9. The van der Waals surface area contributed by atoms with Gasteiger partial charge in [0.2, 0.25) is 0 Å². The molecule has 0 aromatic heterocycles. The second-order valence-electron chi connectivity index (χ2n) is 9.76. The van der Waals surface area contributed by atoms with Gasteiger partial charge in [0.25, 0.3) is 0 Å². The van der Waals surface area contributed by atoms with E-state index in [0.717, 1.165) is 16.7 Å². The van der Waals surface area contributed by atoms with Crippen molar-refractivity contribution >= 4 is 5.97 Å².